The van der Waals surface area contributed by atoms with E-state index in [0.717, 1.165) is 16.7 Å². The molecule has 0 bridgehead atoms. The van der Waals surface area contributed by atoms with E-state index in [1.807, 2.05) is 31.2 Å². The van der Waals surface area contributed by atoms with Crippen molar-refractivity contribution in [2.24, 2.45) is 0 Å². The molecule has 1 heterocycles. The molecule has 5 N–H and O–H groups in total. The standard InChI is InChI=1S/C21H26O6S/c1-11-7-16(27-2)15(9-13(11)8-12-3-5-14(23)6-4-12)21-20(26)19(25)18(24)17(10-22)28-21/h3-7,9,17-26H,8,10H2,1-2H3/t17-,18-,19+,20-,21+/m1/s1. The molecule has 0 amide bonds. The van der Waals surface area contributed by atoms with Crippen LogP contribution in [0.2, 0.25) is 0 Å². The van der Waals surface area contributed by atoms with E-state index in [9.17, 15) is 25.5 Å². The number of ether oxygens (including phenoxy) is 1. The summed E-state index contributed by atoms with van der Waals surface area (Å²) in [5.41, 5.74) is 3.78. The van der Waals surface area contributed by atoms with Crippen molar-refractivity contribution in [1.29, 1.82) is 0 Å². The molecule has 0 radical (unpaired) electrons. The summed E-state index contributed by atoms with van der Waals surface area (Å²) >= 11 is 1.23. The van der Waals surface area contributed by atoms with Crippen LogP contribution < -0.4 is 4.74 Å². The first-order valence-corrected chi connectivity index (χ1v) is 10.1. The lowest BCUT2D eigenvalue weighted by molar-refractivity contribution is -0.0701. The van der Waals surface area contributed by atoms with Crippen molar-refractivity contribution >= 4 is 11.8 Å². The van der Waals surface area contributed by atoms with E-state index in [1.165, 1.54) is 11.8 Å². The van der Waals surface area contributed by atoms with Gasteiger partial charge in [0, 0.05) is 5.56 Å². The Morgan fingerprint density at radius 3 is 2.29 bits per heavy atom. The van der Waals surface area contributed by atoms with E-state index in [0.29, 0.717) is 17.7 Å². The van der Waals surface area contributed by atoms with Gasteiger partial charge in [-0.25, -0.2) is 0 Å². The van der Waals surface area contributed by atoms with Crippen LogP contribution in [0.15, 0.2) is 36.4 Å². The molecule has 0 unspecified atom stereocenters. The van der Waals surface area contributed by atoms with E-state index in [2.05, 4.69) is 0 Å². The van der Waals surface area contributed by atoms with Gasteiger partial charge in [0.1, 0.15) is 17.6 Å². The molecule has 0 aromatic heterocycles. The number of benzene rings is 2. The fourth-order valence-electron chi connectivity index (χ4n) is 3.53. The maximum absolute atomic E-state index is 10.6. The van der Waals surface area contributed by atoms with Gasteiger partial charge in [0.2, 0.25) is 0 Å². The van der Waals surface area contributed by atoms with Crippen molar-refractivity contribution in [2.45, 2.75) is 42.2 Å². The maximum atomic E-state index is 10.6. The highest BCUT2D eigenvalue weighted by Gasteiger charge is 2.44. The minimum absolute atomic E-state index is 0.209. The van der Waals surface area contributed by atoms with Crippen LogP contribution in [-0.2, 0) is 6.42 Å². The Balaban J connectivity index is 1.98. The number of phenolic OH excluding ortho intramolecular Hbond substituents is 1. The number of aliphatic hydroxyl groups excluding tert-OH is 4. The number of methoxy groups -OCH3 is 1. The zero-order valence-electron chi connectivity index (χ0n) is 15.8. The molecule has 1 aliphatic heterocycles. The van der Waals surface area contributed by atoms with Gasteiger partial charge >= 0.3 is 0 Å². The third-order valence-electron chi connectivity index (χ3n) is 5.22. The summed E-state index contributed by atoms with van der Waals surface area (Å²) in [6, 6.07) is 10.8. The highest BCUT2D eigenvalue weighted by Crippen LogP contribution is 2.46. The quantitative estimate of drug-likeness (QED) is 0.512. The Hall–Kier alpha value is -1.77. The van der Waals surface area contributed by atoms with Crippen molar-refractivity contribution in [3.8, 4) is 11.5 Å². The van der Waals surface area contributed by atoms with E-state index in [1.54, 1.807) is 19.2 Å². The molecule has 1 aliphatic rings. The molecule has 1 fully saturated rings. The fourth-order valence-corrected chi connectivity index (χ4v) is 4.96. The third kappa shape index (κ3) is 4.14. The predicted octanol–water partition coefficient (Wildman–Crippen LogP) is 1.53. The van der Waals surface area contributed by atoms with Crippen LogP contribution in [0.4, 0.5) is 0 Å². The number of rotatable bonds is 5. The first kappa shape index (κ1) is 21.0. The van der Waals surface area contributed by atoms with Gasteiger partial charge < -0.3 is 30.3 Å². The van der Waals surface area contributed by atoms with Crippen molar-refractivity contribution in [1.82, 2.24) is 0 Å². The lowest BCUT2D eigenvalue weighted by atomic mass is 9.92. The lowest BCUT2D eigenvalue weighted by Gasteiger charge is -2.40. The summed E-state index contributed by atoms with van der Waals surface area (Å²) in [4.78, 5) is 0. The summed E-state index contributed by atoms with van der Waals surface area (Å²) in [6.07, 6.45) is -3.12. The molecule has 2 aromatic rings. The molecule has 2 aromatic carbocycles. The normalized spacial score (nSPS) is 27.6. The van der Waals surface area contributed by atoms with Crippen LogP contribution in [0.5, 0.6) is 11.5 Å². The molecular formula is C21H26O6S. The summed E-state index contributed by atoms with van der Waals surface area (Å²) in [6.45, 7) is 1.67. The van der Waals surface area contributed by atoms with Crippen molar-refractivity contribution in [3.05, 3.63) is 58.7 Å². The van der Waals surface area contributed by atoms with Crippen LogP contribution in [0.25, 0.3) is 0 Å². The van der Waals surface area contributed by atoms with Gasteiger partial charge in [0.05, 0.1) is 36.4 Å². The highest BCUT2D eigenvalue weighted by molar-refractivity contribution is 8.00. The van der Waals surface area contributed by atoms with E-state index in [4.69, 9.17) is 4.74 Å². The summed E-state index contributed by atoms with van der Waals surface area (Å²) in [5, 5.41) is 48.8. The Morgan fingerprint density at radius 2 is 1.68 bits per heavy atom. The number of aryl methyl sites for hydroxylation is 1. The SMILES string of the molecule is COc1cc(C)c(Cc2ccc(O)cc2)cc1[C@@H]1S[C@H](CO)[C@@H](O)[C@H](O)[C@H]1O. The zero-order valence-corrected chi connectivity index (χ0v) is 16.6. The number of aliphatic hydroxyl groups is 4. The second-order valence-electron chi connectivity index (χ2n) is 7.11. The van der Waals surface area contributed by atoms with Gasteiger partial charge in [-0.3, -0.25) is 0 Å². The minimum atomic E-state index is -1.35. The smallest absolute Gasteiger partial charge is 0.123 e. The molecule has 6 nitrogen and oxygen atoms in total. The average Bonchev–Trinajstić information content (AvgIpc) is 2.69. The van der Waals surface area contributed by atoms with Crippen LogP contribution in [0.3, 0.4) is 0 Å². The Bertz CT molecular complexity index is 807. The van der Waals surface area contributed by atoms with Gasteiger partial charge in [0.15, 0.2) is 0 Å². The van der Waals surface area contributed by atoms with Crippen molar-refractivity contribution in [2.75, 3.05) is 13.7 Å². The Labute approximate surface area is 168 Å². The second-order valence-corrected chi connectivity index (χ2v) is 8.50. The third-order valence-corrected chi connectivity index (χ3v) is 6.82. The van der Waals surface area contributed by atoms with Gasteiger partial charge in [-0.15, -0.1) is 11.8 Å². The number of thioether (sulfide) groups is 1. The molecule has 28 heavy (non-hydrogen) atoms. The van der Waals surface area contributed by atoms with Gasteiger partial charge in [0.25, 0.3) is 0 Å². The van der Waals surface area contributed by atoms with Gasteiger partial charge in [-0.05, 0) is 48.2 Å². The number of hydrogen-bond donors (Lipinski definition) is 5. The van der Waals surface area contributed by atoms with E-state index in [-0.39, 0.29) is 12.4 Å². The molecule has 0 aliphatic carbocycles. The fraction of sp³-hybridized carbons (Fsp3) is 0.429. The predicted molar refractivity (Wildman–Crippen MR) is 108 cm³/mol. The number of aromatic hydroxyl groups is 1. The van der Waals surface area contributed by atoms with Crippen molar-refractivity contribution in [3.63, 3.8) is 0 Å². The van der Waals surface area contributed by atoms with Gasteiger partial charge in [-0.2, -0.15) is 0 Å². The summed E-state index contributed by atoms with van der Waals surface area (Å²) in [5.74, 6) is 0.795. The topological polar surface area (TPSA) is 110 Å². The van der Waals surface area contributed by atoms with Gasteiger partial charge in [-0.1, -0.05) is 18.2 Å². The molecule has 1 saturated heterocycles. The van der Waals surface area contributed by atoms with Crippen LogP contribution in [0.1, 0.15) is 27.5 Å². The van der Waals surface area contributed by atoms with Crippen LogP contribution >= 0.6 is 11.8 Å². The lowest BCUT2D eigenvalue weighted by Crippen LogP contribution is -2.51. The zero-order chi connectivity index (χ0) is 20.4. The minimum Gasteiger partial charge on any atom is -0.508 e. The second kappa shape index (κ2) is 8.71. The molecule has 152 valence electrons. The van der Waals surface area contributed by atoms with Crippen LogP contribution in [0, 0.1) is 6.92 Å². The molecule has 3 rings (SSSR count). The molecule has 5 atom stereocenters. The Kier molecular flexibility index (Phi) is 6.52. The van der Waals surface area contributed by atoms with Crippen molar-refractivity contribution < 1.29 is 30.3 Å². The number of hydrogen-bond acceptors (Lipinski definition) is 7. The maximum Gasteiger partial charge on any atom is 0.123 e. The molecule has 0 spiro atoms. The summed E-state index contributed by atoms with van der Waals surface area (Å²) < 4.78 is 5.52. The molecule has 0 saturated carbocycles. The largest absolute Gasteiger partial charge is 0.508 e. The first-order valence-electron chi connectivity index (χ1n) is 9.11. The summed E-state index contributed by atoms with van der Waals surface area (Å²) in [7, 11) is 1.55. The van der Waals surface area contributed by atoms with E-state index >= 15 is 0 Å². The number of phenols is 1. The average molecular weight is 407 g/mol. The van der Waals surface area contributed by atoms with Crippen LogP contribution in [-0.4, -0.2) is 62.8 Å². The first-order chi connectivity index (χ1) is 13.3. The molecule has 7 heteroatoms. The highest BCUT2D eigenvalue weighted by atomic mass is 32.2. The monoisotopic (exact) mass is 406 g/mol. The Morgan fingerprint density at radius 1 is 1.00 bits per heavy atom. The van der Waals surface area contributed by atoms with E-state index < -0.39 is 28.8 Å². The molecular weight excluding hydrogens is 380 g/mol.